The number of hydrogen-bond acceptors (Lipinski definition) is 0. The molecule has 1 aliphatic carbocycles. The maximum Gasteiger partial charge on any atom is 0.147 e. The normalized spacial score (nSPS) is 13.5. The average Bonchev–Trinajstić information content (AvgIpc) is 3.77. The van der Waals surface area contributed by atoms with E-state index in [4.69, 9.17) is 0 Å². The van der Waals surface area contributed by atoms with Gasteiger partial charge in [0.25, 0.3) is 0 Å². The molecular weight excluding hydrogens is 643 g/mol. The van der Waals surface area contributed by atoms with Crippen molar-refractivity contribution in [2.45, 2.75) is 5.41 Å². The van der Waals surface area contributed by atoms with E-state index >= 15 is 4.39 Å². The molecule has 0 aliphatic heterocycles. The summed E-state index contributed by atoms with van der Waals surface area (Å²) in [5.41, 5.74) is 11.1. The summed E-state index contributed by atoms with van der Waals surface area (Å²) < 4.78 is 19.3. The zero-order chi connectivity index (χ0) is 31.3. The van der Waals surface area contributed by atoms with Gasteiger partial charge >= 0.3 is 0 Å². The summed E-state index contributed by atoms with van der Waals surface area (Å²) in [6, 6.07) is 52.8. The minimum atomic E-state index is -0.608. The van der Waals surface area contributed by atoms with E-state index in [-0.39, 0.29) is 5.82 Å². The van der Waals surface area contributed by atoms with E-state index in [2.05, 4.69) is 147 Å². The van der Waals surface area contributed by atoms with Gasteiger partial charge in [-0.05, 0) is 52.6 Å². The van der Waals surface area contributed by atoms with Gasteiger partial charge in [-0.2, -0.15) is 0 Å². The van der Waals surface area contributed by atoms with Crippen molar-refractivity contribution in [3.63, 3.8) is 0 Å². The predicted molar refractivity (Wildman–Crippen MR) is 195 cm³/mol. The van der Waals surface area contributed by atoms with Gasteiger partial charge in [0.2, 0.25) is 0 Å². The third kappa shape index (κ3) is 3.43. The first-order valence-corrected chi connectivity index (χ1v) is 16.6. The lowest BCUT2D eigenvalue weighted by Gasteiger charge is -2.34. The molecule has 0 saturated carbocycles. The fourth-order valence-corrected chi connectivity index (χ4v) is 8.97. The molecule has 0 bridgehead atoms. The second-order valence-electron chi connectivity index (χ2n) is 12.4. The molecule has 1 N–H and O–H groups in total. The Bertz CT molecular complexity index is 2660. The van der Waals surface area contributed by atoms with Crippen LogP contribution in [0.4, 0.5) is 4.39 Å². The van der Waals surface area contributed by atoms with Gasteiger partial charge < -0.3 is 9.55 Å². The Balaban J connectivity index is 1.46. The monoisotopic (exact) mass is 668 g/mol. The molecule has 0 spiro atoms. The van der Waals surface area contributed by atoms with Gasteiger partial charge in [0.05, 0.1) is 27.7 Å². The third-order valence-corrected chi connectivity index (χ3v) is 10.8. The van der Waals surface area contributed by atoms with Crippen molar-refractivity contribution in [3.8, 4) is 16.8 Å². The summed E-state index contributed by atoms with van der Waals surface area (Å²) >= 11 is 3.85. The topological polar surface area (TPSA) is 20.7 Å². The Morgan fingerprint density at radius 1 is 0.553 bits per heavy atom. The standard InChI is InChI=1S/C43H26BrFN2/c44-33-19-11-21-35-38(33)30-24-25-32-40(41(30)46-35)39-31(43(32,26-12-3-1-4-13-26)27-14-5-2-6-15-27)18-10-23-37(39)47-36-22-8-7-16-28(36)29-17-9-20-34(45)42(29)47/h1-25,46H. The van der Waals surface area contributed by atoms with Gasteiger partial charge in [0.1, 0.15) is 5.82 Å². The van der Waals surface area contributed by atoms with Gasteiger partial charge in [0, 0.05) is 42.7 Å². The van der Waals surface area contributed by atoms with Gasteiger partial charge in [-0.1, -0.05) is 137 Å². The molecule has 0 amide bonds. The minimum Gasteiger partial charge on any atom is -0.354 e. The van der Waals surface area contributed by atoms with Crippen LogP contribution in [0.3, 0.4) is 0 Å². The lowest BCUT2D eigenvalue weighted by Crippen LogP contribution is -2.28. The van der Waals surface area contributed by atoms with Crippen molar-refractivity contribution in [1.82, 2.24) is 9.55 Å². The molecule has 2 nitrogen and oxygen atoms in total. The molecule has 1 aliphatic rings. The molecular formula is C43H26BrFN2. The smallest absolute Gasteiger partial charge is 0.147 e. The van der Waals surface area contributed by atoms with Crippen LogP contribution >= 0.6 is 15.9 Å². The number of aromatic amines is 1. The highest BCUT2D eigenvalue weighted by atomic mass is 79.9. The molecule has 0 saturated heterocycles. The van der Waals surface area contributed by atoms with Crippen molar-refractivity contribution in [1.29, 1.82) is 0 Å². The van der Waals surface area contributed by atoms with Crippen molar-refractivity contribution in [2.75, 3.05) is 0 Å². The maximum absolute atomic E-state index is 16.1. The Hall–Kier alpha value is -5.45. The van der Waals surface area contributed by atoms with Crippen LogP contribution in [0.1, 0.15) is 22.3 Å². The number of nitrogens with zero attached hydrogens (tertiary/aromatic N) is 1. The first kappa shape index (κ1) is 26.7. The first-order valence-electron chi connectivity index (χ1n) is 15.8. The van der Waals surface area contributed by atoms with Crippen molar-refractivity contribution >= 4 is 59.5 Å². The summed E-state index contributed by atoms with van der Waals surface area (Å²) in [6.07, 6.45) is 0. The molecule has 4 heteroatoms. The largest absolute Gasteiger partial charge is 0.354 e. The highest BCUT2D eigenvalue weighted by Gasteiger charge is 2.48. The molecule has 2 heterocycles. The van der Waals surface area contributed by atoms with Crippen LogP contribution in [0.5, 0.6) is 0 Å². The summed E-state index contributed by atoms with van der Waals surface area (Å²) in [7, 11) is 0. The second-order valence-corrected chi connectivity index (χ2v) is 13.2. The van der Waals surface area contributed by atoms with Crippen molar-refractivity contribution < 1.29 is 4.39 Å². The lowest BCUT2D eigenvalue weighted by atomic mass is 9.67. The first-order chi connectivity index (χ1) is 23.2. The lowest BCUT2D eigenvalue weighted by molar-refractivity contribution is 0.635. The van der Waals surface area contributed by atoms with Crippen LogP contribution in [0.2, 0.25) is 0 Å². The van der Waals surface area contributed by atoms with Gasteiger partial charge in [-0.3, -0.25) is 0 Å². The summed E-state index contributed by atoms with van der Waals surface area (Å²) in [5, 5.41) is 4.24. The number of para-hydroxylation sites is 2. The van der Waals surface area contributed by atoms with Crippen molar-refractivity contribution in [3.05, 3.63) is 184 Å². The zero-order valence-electron chi connectivity index (χ0n) is 25.1. The zero-order valence-corrected chi connectivity index (χ0v) is 26.7. The van der Waals surface area contributed by atoms with E-state index in [0.29, 0.717) is 5.52 Å². The molecule has 0 atom stereocenters. The summed E-state index contributed by atoms with van der Waals surface area (Å²) in [4.78, 5) is 3.85. The molecule has 0 radical (unpaired) electrons. The van der Waals surface area contributed by atoms with Crippen LogP contribution in [-0.4, -0.2) is 9.55 Å². The van der Waals surface area contributed by atoms with E-state index in [1.54, 1.807) is 12.1 Å². The van der Waals surface area contributed by atoms with E-state index in [1.165, 1.54) is 22.3 Å². The third-order valence-electron chi connectivity index (χ3n) is 10.1. The minimum absolute atomic E-state index is 0.236. The Morgan fingerprint density at radius 3 is 2.00 bits per heavy atom. The molecule has 0 fully saturated rings. The fourth-order valence-electron chi connectivity index (χ4n) is 8.39. The average molecular weight is 670 g/mol. The van der Waals surface area contributed by atoms with E-state index in [0.717, 1.165) is 59.4 Å². The number of rotatable bonds is 3. The molecule has 222 valence electrons. The van der Waals surface area contributed by atoms with Gasteiger partial charge in [0.15, 0.2) is 0 Å². The quantitative estimate of drug-likeness (QED) is 0.193. The number of H-pyrrole nitrogens is 1. The highest BCUT2D eigenvalue weighted by Crippen LogP contribution is 2.60. The van der Waals surface area contributed by atoms with Crippen molar-refractivity contribution in [2.24, 2.45) is 0 Å². The van der Waals surface area contributed by atoms with Gasteiger partial charge in [-0.25, -0.2) is 4.39 Å². The number of halogens is 2. The summed E-state index contributed by atoms with van der Waals surface area (Å²) in [6.45, 7) is 0. The number of nitrogens with one attached hydrogen (secondary N) is 1. The predicted octanol–water partition coefficient (Wildman–Crippen LogP) is 11.7. The molecule has 10 rings (SSSR count). The van der Waals surface area contributed by atoms with Crippen LogP contribution < -0.4 is 0 Å². The Morgan fingerprint density at radius 2 is 1.21 bits per heavy atom. The van der Waals surface area contributed by atoms with Crippen LogP contribution in [0.15, 0.2) is 156 Å². The van der Waals surface area contributed by atoms with Crippen LogP contribution in [0, 0.1) is 5.82 Å². The number of benzene rings is 7. The molecule has 7 aromatic carbocycles. The molecule has 2 aromatic heterocycles. The Labute approximate surface area is 278 Å². The number of fused-ring (bicyclic) bond motifs is 10. The van der Waals surface area contributed by atoms with E-state index < -0.39 is 5.41 Å². The summed E-state index contributed by atoms with van der Waals surface area (Å²) in [5.74, 6) is -0.236. The number of aromatic nitrogens is 2. The van der Waals surface area contributed by atoms with E-state index in [9.17, 15) is 0 Å². The van der Waals surface area contributed by atoms with Crippen LogP contribution in [0.25, 0.3) is 60.4 Å². The highest BCUT2D eigenvalue weighted by molar-refractivity contribution is 9.10. The van der Waals surface area contributed by atoms with Crippen LogP contribution in [-0.2, 0) is 5.41 Å². The molecule has 9 aromatic rings. The maximum atomic E-state index is 16.1. The SMILES string of the molecule is Fc1cccc2c3ccccc3n(-c3cccc4c3-c3c(ccc5c3[nH]c3cccc(Br)c35)C4(c3ccccc3)c3ccccc3)c12. The Kier molecular flexibility index (Phi) is 5.56. The molecule has 0 unspecified atom stereocenters. The number of hydrogen-bond donors (Lipinski definition) is 1. The fraction of sp³-hybridized carbons (Fsp3) is 0.0233. The van der Waals surface area contributed by atoms with E-state index in [1.807, 2.05) is 18.2 Å². The van der Waals surface area contributed by atoms with Gasteiger partial charge in [-0.15, -0.1) is 0 Å². The second kappa shape index (κ2) is 9.78. The molecule has 47 heavy (non-hydrogen) atoms.